The fourth-order valence-electron chi connectivity index (χ4n) is 0.419. The van der Waals surface area contributed by atoms with Gasteiger partial charge in [0.05, 0.1) is 6.54 Å². The van der Waals surface area contributed by atoms with Gasteiger partial charge in [-0.1, -0.05) is 0 Å². The van der Waals surface area contributed by atoms with E-state index in [0.29, 0.717) is 0 Å². The van der Waals surface area contributed by atoms with Crippen molar-refractivity contribution in [3.63, 3.8) is 0 Å². The first kappa shape index (κ1) is 6.41. The molecule has 1 heterocycles. The average Bonchev–Trinajstić information content (AvgIpc) is 2.08. The Morgan fingerprint density at radius 3 is 2.44 bits per heavy atom. The van der Waals surface area contributed by atoms with Crippen LogP contribution in [0.1, 0.15) is 0 Å². The highest BCUT2D eigenvalue weighted by molar-refractivity contribution is 4.98. The van der Waals surface area contributed by atoms with Gasteiger partial charge in [-0.3, -0.25) is 0 Å². The van der Waals surface area contributed by atoms with Gasteiger partial charge in [-0.15, -0.1) is 0 Å². The van der Waals surface area contributed by atoms with Gasteiger partial charge in [-0.05, 0) is 0 Å². The van der Waals surface area contributed by atoms with Crippen LogP contribution in [0.15, 0.2) is 5.76 Å². The van der Waals surface area contributed by atoms with E-state index in [2.05, 4.69) is 4.84 Å². The van der Waals surface area contributed by atoms with E-state index in [1.54, 1.807) is 0 Å². The molecule has 0 unspecified atom stereocenters. The Hall–Kier alpha value is -0.710. The van der Waals surface area contributed by atoms with Gasteiger partial charge in [0.15, 0.2) is 0 Å². The van der Waals surface area contributed by atoms with Crippen LogP contribution in [0, 0.1) is 6.08 Å². The highest BCUT2D eigenvalue weighted by atomic mass is 19.4. The molecule has 5 heteroatoms. The predicted molar refractivity (Wildman–Crippen MR) is 21.9 cm³/mol. The number of hydrogen-bond donors (Lipinski definition) is 1. The number of hydroxylamine groups is 1. The number of nitrogens with one attached hydrogen (secondary N) is 1. The molecule has 1 rings (SSSR count). The van der Waals surface area contributed by atoms with Gasteiger partial charge in [0.2, 0.25) is 5.76 Å². The standard InChI is InChI=1S/C4H3F3NO/c5-4(6,7)3-1-2-8-9-3/h8H,2H2. The SMILES string of the molecule is FC(F)(F)C1=[C]CNO1. The molecule has 51 valence electrons. The van der Waals surface area contributed by atoms with Crippen molar-refractivity contribution in [2.75, 3.05) is 6.54 Å². The molecule has 0 spiro atoms. The highest BCUT2D eigenvalue weighted by Gasteiger charge is 2.38. The molecule has 0 amide bonds. The third-order valence-electron chi connectivity index (χ3n) is 0.753. The van der Waals surface area contributed by atoms with Crippen LogP contribution in [0.2, 0.25) is 0 Å². The van der Waals surface area contributed by atoms with Gasteiger partial charge >= 0.3 is 6.18 Å². The molecular formula is C4H3F3NO. The molecule has 0 atom stereocenters. The number of alkyl halides is 3. The van der Waals surface area contributed by atoms with Gasteiger partial charge in [-0.2, -0.15) is 18.7 Å². The summed E-state index contributed by atoms with van der Waals surface area (Å²) in [6, 6.07) is 0. The fourth-order valence-corrected chi connectivity index (χ4v) is 0.419. The van der Waals surface area contributed by atoms with Gasteiger partial charge < -0.3 is 4.84 Å². The summed E-state index contributed by atoms with van der Waals surface area (Å²) >= 11 is 0. The molecule has 0 saturated carbocycles. The monoisotopic (exact) mass is 138 g/mol. The molecule has 0 aromatic rings. The summed E-state index contributed by atoms with van der Waals surface area (Å²) in [5.41, 5.74) is 2.01. The minimum absolute atomic E-state index is 0.00512. The fraction of sp³-hybridized carbons (Fsp3) is 0.500. The molecule has 1 radical (unpaired) electrons. The Kier molecular flexibility index (Phi) is 1.36. The molecule has 0 bridgehead atoms. The second kappa shape index (κ2) is 1.91. The van der Waals surface area contributed by atoms with Crippen molar-refractivity contribution in [3.05, 3.63) is 11.8 Å². The molecule has 1 aliphatic heterocycles. The second-order valence-corrected chi connectivity index (χ2v) is 1.43. The lowest BCUT2D eigenvalue weighted by atomic mass is 10.4. The van der Waals surface area contributed by atoms with Crippen LogP contribution < -0.4 is 5.48 Å². The van der Waals surface area contributed by atoms with Gasteiger partial charge in [0.25, 0.3) is 0 Å². The summed E-state index contributed by atoms with van der Waals surface area (Å²) in [4.78, 5) is 3.95. The molecule has 0 aromatic heterocycles. The predicted octanol–water partition coefficient (Wildman–Crippen LogP) is 0.771. The lowest BCUT2D eigenvalue weighted by Gasteiger charge is -2.04. The largest absolute Gasteiger partial charge is 0.451 e. The Labute approximate surface area is 49.3 Å². The summed E-state index contributed by atoms with van der Waals surface area (Å²) in [5.74, 6) is -1.08. The molecule has 0 aromatic carbocycles. The first-order valence-electron chi connectivity index (χ1n) is 2.18. The number of allylic oxidation sites excluding steroid dienone is 1. The number of hydrogen-bond acceptors (Lipinski definition) is 2. The maximum atomic E-state index is 11.5. The van der Waals surface area contributed by atoms with Gasteiger partial charge in [0.1, 0.15) is 0 Å². The quantitative estimate of drug-likeness (QED) is 0.533. The van der Waals surface area contributed by atoms with E-state index < -0.39 is 11.9 Å². The Bertz CT molecular complexity index is 139. The molecule has 1 aliphatic rings. The Morgan fingerprint density at radius 2 is 2.22 bits per heavy atom. The van der Waals surface area contributed by atoms with Crippen LogP contribution in [-0.4, -0.2) is 12.7 Å². The average molecular weight is 138 g/mol. The summed E-state index contributed by atoms with van der Waals surface area (Å²) in [6.07, 6.45) is -2.44. The Morgan fingerprint density at radius 1 is 1.56 bits per heavy atom. The van der Waals surface area contributed by atoms with Crippen molar-refractivity contribution in [1.82, 2.24) is 5.48 Å². The first-order valence-corrected chi connectivity index (χ1v) is 2.18. The van der Waals surface area contributed by atoms with E-state index in [4.69, 9.17) is 0 Å². The summed E-state index contributed by atoms with van der Waals surface area (Å²) in [6.45, 7) is -0.00512. The third kappa shape index (κ3) is 1.35. The van der Waals surface area contributed by atoms with Gasteiger partial charge in [-0.25, -0.2) is 0 Å². The molecule has 0 aliphatic carbocycles. The van der Waals surface area contributed by atoms with E-state index in [1.807, 2.05) is 11.6 Å². The third-order valence-corrected chi connectivity index (χ3v) is 0.753. The smallest absolute Gasteiger partial charge is 0.403 e. The van der Waals surface area contributed by atoms with Crippen LogP contribution in [0.4, 0.5) is 13.2 Å². The van der Waals surface area contributed by atoms with Crippen LogP contribution >= 0.6 is 0 Å². The molecular weight excluding hydrogens is 135 g/mol. The number of halogens is 3. The first-order chi connectivity index (χ1) is 4.11. The minimum atomic E-state index is -4.40. The summed E-state index contributed by atoms with van der Waals surface area (Å²) < 4.78 is 34.5. The molecule has 2 nitrogen and oxygen atoms in total. The zero-order chi connectivity index (χ0) is 6.91. The zero-order valence-corrected chi connectivity index (χ0v) is 4.25. The van der Waals surface area contributed by atoms with Crippen molar-refractivity contribution in [3.8, 4) is 0 Å². The van der Waals surface area contributed by atoms with Crippen molar-refractivity contribution < 1.29 is 18.0 Å². The van der Waals surface area contributed by atoms with E-state index in [1.165, 1.54) is 0 Å². The van der Waals surface area contributed by atoms with Crippen LogP contribution in [0.3, 0.4) is 0 Å². The van der Waals surface area contributed by atoms with Crippen LogP contribution in [-0.2, 0) is 4.84 Å². The van der Waals surface area contributed by atoms with Gasteiger partial charge in [0, 0.05) is 6.08 Å². The van der Waals surface area contributed by atoms with Crippen molar-refractivity contribution in [2.24, 2.45) is 0 Å². The Balaban J connectivity index is 2.61. The molecule has 0 fully saturated rings. The van der Waals surface area contributed by atoms with Crippen molar-refractivity contribution in [1.29, 1.82) is 0 Å². The highest BCUT2D eigenvalue weighted by Crippen LogP contribution is 2.26. The van der Waals surface area contributed by atoms with E-state index in [-0.39, 0.29) is 6.54 Å². The van der Waals surface area contributed by atoms with E-state index >= 15 is 0 Å². The maximum absolute atomic E-state index is 11.5. The van der Waals surface area contributed by atoms with Crippen LogP contribution in [0.5, 0.6) is 0 Å². The topological polar surface area (TPSA) is 21.3 Å². The van der Waals surface area contributed by atoms with Crippen LogP contribution in [0.25, 0.3) is 0 Å². The molecule has 0 saturated heterocycles. The number of rotatable bonds is 0. The maximum Gasteiger partial charge on any atom is 0.451 e. The molecule has 9 heavy (non-hydrogen) atoms. The minimum Gasteiger partial charge on any atom is -0.403 e. The second-order valence-electron chi connectivity index (χ2n) is 1.43. The summed E-state index contributed by atoms with van der Waals surface area (Å²) in [5, 5.41) is 0. The normalized spacial score (nSPS) is 19.2. The zero-order valence-electron chi connectivity index (χ0n) is 4.25. The van der Waals surface area contributed by atoms with E-state index in [0.717, 1.165) is 0 Å². The van der Waals surface area contributed by atoms with E-state index in [9.17, 15) is 13.2 Å². The van der Waals surface area contributed by atoms with Crippen molar-refractivity contribution in [2.45, 2.75) is 6.18 Å². The molecule has 1 N–H and O–H groups in total. The lowest BCUT2D eigenvalue weighted by molar-refractivity contribution is -0.136. The van der Waals surface area contributed by atoms with Crippen molar-refractivity contribution >= 4 is 0 Å². The lowest BCUT2D eigenvalue weighted by Crippen LogP contribution is -2.15. The summed E-state index contributed by atoms with van der Waals surface area (Å²) in [7, 11) is 0.